The van der Waals surface area contributed by atoms with E-state index < -0.39 is 16.0 Å². The molecule has 8 nitrogen and oxygen atoms in total. The van der Waals surface area contributed by atoms with E-state index in [1.807, 2.05) is 0 Å². The molecule has 1 heterocycles. The van der Waals surface area contributed by atoms with Gasteiger partial charge in [0, 0.05) is 17.8 Å². The standard InChI is InChI=1S/C23H17FN4O4S/c1-14(21(29)25-16-8-12-18(13-9-16)28(31)32)33-23-26-20-5-3-2-4-19(20)22(30)27(23)17-10-6-15(24)7-11-17/h2-14H,1H3,(H,25,29). The number of nitrogens with zero attached hydrogens (tertiary/aromatic N) is 3. The fraction of sp³-hybridized carbons (Fsp3) is 0.0870. The fourth-order valence-corrected chi connectivity index (χ4v) is 4.06. The molecular weight excluding hydrogens is 447 g/mol. The van der Waals surface area contributed by atoms with Crippen LogP contribution in [0.1, 0.15) is 6.92 Å². The number of thioether (sulfide) groups is 1. The van der Waals surface area contributed by atoms with Gasteiger partial charge in [-0.25, -0.2) is 9.37 Å². The highest BCUT2D eigenvalue weighted by atomic mass is 32.2. The zero-order valence-corrected chi connectivity index (χ0v) is 18.1. The number of halogens is 1. The Morgan fingerprint density at radius 1 is 1.09 bits per heavy atom. The highest BCUT2D eigenvalue weighted by Crippen LogP contribution is 2.26. The van der Waals surface area contributed by atoms with Gasteiger partial charge in [0.25, 0.3) is 11.2 Å². The number of benzene rings is 3. The fourth-order valence-electron chi connectivity index (χ4n) is 3.13. The zero-order chi connectivity index (χ0) is 23.5. The Balaban J connectivity index is 1.66. The molecule has 0 radical (unpaired) electrons. The number of nitro groups is 1. The summed E-state index contributed by atoms with van der Waals surface area (Å²) in [6.45, 7) is 1.65. The maximum atomic E-state index is 13.5. The topological polar surface area (TPSA) is 107 Å². The monoisotopic (exact) mass is 464 g/mol. The number of non-ortho nitro benzene ring substituents is 1. The second-order valence-electron chi connectivity index (χ2n) is 7.08. The van der Waals surface area contributed by atoms with Crippen molar-refractivity contribution in [1.82, 2.24) is 9.55 Å². The van der Waals surface area contributed by atoms with Crippen LogP contribution < -0.4 is 10.9 Å². The summed E-state index contributed by atoms with van der Waals surface area (Å²) >= 11 is 1.07. The minimum absolute atomic E-state index is 0.0842. The summed E-state index contributed by atoms with van der Waals surface area (Å²) in [4.78, 5) is 40.8. The van der Waals surface area contributed by atoms with Gasteiger partial charge >= 0.3 is 0 Å². The predicted molar refractivity (Wildman–Crippen MR) is 124 cm³/mol. The SMILES string of the molecule is CC(Sc1nc2ccccc2c(=O)n1-c1ccc(F)cc1)C(=O)Nc1ccc([N+](=O)[O-])cc1. The van der Waals surface area contributed by atoms with Crippen molar-refractivity contribution in [2.75, 3.05) is 5.32 Å². The number of rotatable bonds is 6. The van der Waals surface area contributed by atoms with Crippen LogP contribution in [-0.2, 0) is 4.79 Å². The minimum atomic E-state index is -0.667. The number of amides is 1. The molecule has 0 saturated carbocycles. The smallest absolute Gasteiger partial charge is 0.269 e. The lowest BCUT2D eigenvalue weighted by molar-refractivity contribution is -0.384. The van der Waals surface area contributed by atoms with Crippen LogP contribution >= 0.6 is 11.8 Å². The van der Waals surface area contributed by atoms with E-state index in [-0.39, 0.29) is 22.3 Å². The van der Waals surface area contributed by atoms with Crippen LogP contribution in [0.4, 0.5) is 15.8 Å². The molecule has 0 saturated heterocycles. The van der Waals surface area contributed by atoms with Gasteiger partial charge in [0.15, 0.2) is 5.16 Å². The first kappa shape index (κ1) is 22.2. The molecule has 0 aliphatic rings. The van der Waals surface area contributed by atoms with Gasteiger partial charge in [-0.2, -0.15) is 0 Å². The van der Waals surface area contributed by atoms with Gasteiger partial charge in [-0.1, -0.05) is 23.9 Å². The second-order valence-corrected chi connectivity index (χ2v) is 8.39. The van der Waals surface area contributed by atoms with E-state index in [4.69, 9.17) is 0 Å². The van der Waals surface area contributed by atoms with Crippen LogP contribution in [-0.4, -0.2) is 25.6 Å². The highest BCUT2D eigenvalue weighted by molar-refractivity contribution is 8.00. The number of nitro benzene ring substituents is 1. The lowest BCUT2D eigenvalue weighted by Gasteiger charge is -2.16. The first-order valence-corrected chi connectivity index (χ1v) is 10.7. The van der Waals surface area contributed by atoms with Crippen molar-refractivity contribution in [3.63, 3.8) is 0 Å². The third-order valence-corrected chi connectivity index (χ3v) is 5.88. The summed E-state index contributed by atoms with van der Waals surface area (Å²) in [5.74, 6) is -0.812. The number of hydrogen-bond donors (Lipinski definition) is 1. The van der Waals surface area contributed by atoms with E-state index in [2.05, 4.69) is 10.3 Å². The lowest BCUT2D eigenvalue weighted by Crippen LogP contribution is -2.26. The first-order chi connectivity index (χ1) is 15.8. The molecule has 1 unspecified atom stereocenters. The van der Waals surface area contributed by atoms with Gasteiger partial charge < -0.3 is 5.32 Å². The van der Waals surface area contributed by atoms with Crippen molar-refractivity contribution in [2.45, 2.75) is 17.3 Å². The van der Waals surface area contributed by atoms with Crippen molar-refractivity contribution in [3.8, 4) is 5.69 Å². The van der Waals surface area contributed by atoms with E-state index in [9.17, 15) is 24.1 Å². The van der Waals surface area contributed by atoms with E-state index in [1.165, 1.54) is 53.1 Å². The average molecular weight is 464 g/mol. The Bertz CT molecular complexity index is 1410. The molecule has 0 aliphatic carbocycles. The number of carbonyl (C=O) groups excluding carboxylic acids is 1. The van der Waals surface area contributed by atoms with Crippen LogP contribution in [0.5, 0.6) is 0 Å². The number of carbonyl (C=O) groups is 1. The maximum absolute atomic E-state index is 13.5. The van der Waals surface area contributed by atoms with Crippen molar-refractivity contribution >= 4 is 39.9 Å². The maximum Gasteiger partial charge on any atom is 0.269 e. The Hall–Kier alpha value is -4.05. The molecule has 0 spiro atoms. The molecule has 4 rings (SSSR count). The number of aromatic nitrogens is 2. The molecule has 33 heavy (non-hydrogen) atoms. The van der Waals surface area contributed by atoms with Crippen LogP contribution in [0.25, 0.3) is 16.6 Å². The normalized spacial score (nSPS) is 11.8. The number of para-hydroxylation sites is 1. The third kappa shape index (κ3) is 4.75. The quantitative estimate of drug-likeness (QED) is 0.194. The molecule has 1 amide bonds. The Labute approximate surface area is 191 Å². The van der Waals surface area contributed by atoms with Crippen molar-refractivity contribution < 1.29 is 14.1 Å². The van der Waals surface area contributed by atoms with Crippen LogP contribution in [0.3, 0.4) is 0 Å². The molecule has 1 N–H and O–H groups in total. The summed E-state index contributed by atoms with van der Waals surface area (Å²) in [5.41, 5.74) is 0.883. The number of hydrogen-bond acceptors (Lipinski definition) is 6. The number of nitrogens with one attached hydrogen (secondary N) is 1. The predicted octanol–water partition coefficient (Wildman–Crippen LogP) is 4.55. The summed E-state index contributed by atoms with van der Waals surface area (Å²) in [6, 6.07) is 17.8. The van der Waals surface area contributed by atoms with Gasteiger partial charge in [0.2, 0.25) is 5.91 Å². The summed E-state index contributed by atoms with van der Waals surface area (Å²) in [7, 11) is 0. The molecule has 0 aliphatic heterocycles. The van der Waals surface area contributed by atoms with Crippen molar-refractivity contribution in [2.24, 2.45) is 0 Å². The molecule has 1 atom stereocenters. The average Bonchev–Trinajstić information content (AvgIpc) is 2.80. The lowest BCUT2D eigenvalue weighted by atomic mass is 10.2. The van der Waals surface area contributed by atoms with Gasteiger partial charge in [0.05, 0.1) is 26.8 Å². The molecule has 166 valence electrons. The van der Waals surface area contributed by atoms with Gasteiger partial charge in [-0.05, 0) is 55.5 Å². The van der Waals surface area contributed by atoms with Gasteiger partial charge in [-0.15, -0.1) is 0 Å². The summed E-state index contributed by atoms with van der Waals surface area (Å²) < 4.78 is 14.8. The Kier molecular flexibility index (Phi) is 6.18. The molecule has 1 aromatic heterocycles. The molecule has 10 heteroatoms. The molecular formula is C23H17FN4O4S. The minimum Gasteiger partial charge on any atom is -0.325 e. The Morgan fingerprint density at radius 3 is 2.42 bits per heavy atom. The van der Waals surface area contributed by atoms with E-state index in [0.717, 1.165) is 11.8 Å². The summed E-state index contributed by atoms with van der Waals surface area (Å²) in [6.07, 6.45) is 0. The largest absolute Gasteiger partial charge is 0.325 e. The number of fused-ring (bicyclic) bond motifs is 1. The first-order valence-electron chi connectivity index (χ1n) is 9.83. The van der Waals surface area contributed by atoms with E-state index in [1.54, 1.807) is 31.2 Å². The molecule has 4 aromatic rings. The van der Waals surface area contributed by atoms with E-state index in [0.29, 0.717) is 22.3 Å². The van der Waals surface area contributed by atoms with Gasteiger partial charge in [-0.3, -0.25) is 24.3 Å². The summed E-state index contributed by atoms with van der Waals surface area (Å²) in [5, 5.41) is 13.5. The van der Waals surface area contributed by atoms with E-state index >= 15 is 0 Å². The van der Waals surface area contributed by atoms with Crippen LogP contribution in [0.2, 0.25) is 0 Å². The van der Waals surface area contributed by atoms with Crippen LogP contribution in [0.15, 0.2) is 82.7 Å². The van der Waals surface area contributed by atoms with Gasteiger partial charge in [0.1, 0.15) is 5.82 Å². The molecule has 0 bridgehead atoms. The van der Waals surface area contributed by atoms with Crippen LogP contribution in [0, 0.1) is 15.9 Å². The highest BCUT2D eigenvalue weighted by Gasteiger charge is 2.21. The zero-order valence-electron chi connectivity index (χ0n) is 17.3. The Morgan fingerprint density at radius 2 is 1.76 bits per heavy atom. The van der Waals surface area contributed by atoms with Crippen molar-refractivity contribution in [3.05, 3.63) is 99.1 Å². The molecule has 0 fully saturated rings. The second kappa shape index (κ2) is 9.21. The molecule has 3 aromatic carbocycles. The van der Waals surface area contributed by atoms with Crippen molar-refractivity contribution in [1.29, 1.82) is 0 Å². The third-order valence-electron chi connectivity index (χ3n) is 4.83. The number of anilines is 1.